The number of carboxylic acid groups (broad SMARTS) is 1. The van der Waals surface area contributed by atoms with Crippen LogP contribution in [0.3, 0.4) is 0 Å². The van der Waals surface area contributed by atoms with Gasteiger partial charge in [0.2, 0.25) is 0 Å². The van der Waals surface area contributed by atoms with E-state index in [1.54, 1.807) is 35.6 Å². The summed E-state index contributed by atoms with van der Waals surface area (Å²) in [6, 6.07) is 6.62. The van der Waals surface area contributed by atoms with Crippen LogP contribution in [0.25, 0.3) is 0 Å². The second kappa shape index (κ2) is 5.80. The number of aromatic carboxylic acids is 1. The monoisotopic (exact) mass is 355 g/mol. The molecule has 25 heavy (non-hydrogen) atoms. The lowest BCUT2D eigenvalue weighted by atomic mass is 9.66. The molecule has 2 N–H and O–H groups in total. The molecule has 0 unspecified atom stereocenters. The van der Waals surface area contributed by atoms with Crippen molar-refractivity contribution in [2.45, 2.75) is 58.3 Å². The molecule has 0 radical (unpaired) electrons. The highest BCUT2D eigenvalue weighted by atomic mass is 32.1. The minimum Gasteiger partial charge on any atom is -0.478 e. The van der Waals surface area contributed by atoms with Crippen molar-refractivity contribution in [1.82, 2.24) is 0 Å². The maximum absolute atomic E-state index is 11.0. The molecule has 0 spiro atoms. The van der Waals surface area contributed by atoms with Gasteiger partial charge in [0, 0.05) is 10.4 Å². The van der Waals surface area contributed by atoms with Crippen molar-refractivity contribution in [1.29, 1.82) is 5.41 Å². The molecule has 0 amide bonds. The van der Waals surface area contributed by atoms with Crippen molar-refractivity contribution in [3.8, 4) is 0 Å². The van der Waals surface area contributed by atoms with Crippen LogP contribution in [0.5, 0.6) is 0 Å². The van der Waals surface area contributed by atoms with Gasteiger partial charge in [-0.1, -0.05) is 39.8 Å². The lowest BCUT2D eigenvalue weighted by Crippen LogP contribution is -2.32. The molecule has 3 rings (SSSR count). The molecule has 2 aromatic rings. The Morgan fingerprint density at radius 3 is 2.08 bits per heavy atom. The van der Waals surface area contributed by atoms with Crippen LogP contribution in [0.2, 0.25) is 0 Å². The molecule has 132 valence electrons. The Morgan fingerprint density at radius 1 is 1.04 bits per heavy atom. The molecule has 1 heterocycles. The Morgan fingerprint density at radius 2 is 1.56 bits per heavy atom. The predicted molar refractivity (Wildman–Crippen MR) is 104 cm³/mol. The third-order valence-electron chi connectivity index (χ3n) is 5.46. The first kappa shape index (κ1) is 17.9. The van der Waals surface area contributed by atoms with E-state index in [9.17, 15) is 4.79 Å². The average molecular weight is 356 g/mol. The smallest absolute Gasteiger partial charge is 0.335 e. The van der Waals surface area contributed by atoms with E-state index in [4.69, 9.17) is 10.5 Å². The molecule has 0 saturated carbocycles. The van der Waals surface area contributed by atoms with Gasteiger partial charge in [-0.3, -0.25) is 5.41 Å². The summed E-state index contributed by atoms with van der Waals surface area (Å²) in [4.78, 5) is 13.4. The fourth-order valence-electron chi connectivity index (χ4n) is 3.82. The van der Waals surface area contributed by atoms with Crippen molar-refractivity contribution >= 4 is 23.0 Å². The summed E-state index contributed by atoms with van der Waals surface area (Å²) in [6.07, 6.45) is 2.32. The first-order valence-electron chi connectivity index (χ1n) is 8.61. The quantitative estimate of drug-likeness (QED) is 0.712. The van der Waals surface area contributed by atoms with Crippen LogP contribution in [0.4, 0.5) is 0 Å². The summed E-state index contributed by atoms with van der Waals surface area (Å²) in [6.45, 7) is 11.3. The maximum Gasteiger partial charge on any atom is 0.335 e. The molecule has 1 aliphatic carbocycles. The second-order valence-corrected chi connectivity index (χ2v) is 9.31. The fourth-order valence-corrected chi connectivity index (χ4v) is 5.41. The number of nitrogens with one attached hydrogen (secondary N) is 1. The van der Waals surface area contributed by atoms with Crippen molar-refractivity contribution in [2.24, 2.45) is 0 Å². The van der Waals surface area contributed by atoms with Gasteiger partial charge in [0.1, 0.15) is 0 Å². The average Bonchev–Trinajstić information content (AvgIpc) is 2.91. The highest BCUT2D eigenvalue weighted by Gasteiger charge is 2.41. The van der Waals surface area contributed by atoms with E-state index in [1.807, 2.05) is 0 Å². The Kier molecular flexibility index (Phi) is 4.15. The highest BCUT2D eigenvalue weighted by molar-refractivity contribution is 7.14. The molecule has 0 fully saturated rings. The van der Waals surface area contributed by atoms with Crippen LogP contribution in [0.1, 0.15) is 77.3 Å². The zero-order chi connectivity index (χ0) is 18.6. The van der Waals surface area contributed by atoms with Crippen molar-refractivity contribution < 1.29 is 9.90 Å². The zero-order valence-corrected chi connectivity index (χ0v) is 16.3. The van der Waals surface area contributed by atoms with Gasteiger partial charge in [0.15, 0.2) is 0 Å². The summed E-state index contributed by atoms with van der Waals surface area (Å²) >= 11 is 1.74. The van der Waals surface area contributed by atoms with Crippen LogP contribution in [0, 0.1) is 12.3 Å². The molecule has 1 aromatic carbocycles. The van der Waals surface area contributed by atoms with Gasteiger partial charge >= 0.3 is 5.97 Å². The van der Waals surface area contributed by atoms with Gasteiger partial charge in [-0.15, -0.1) is 11.3 Å². The first-order valence-corrected chi connectivity index (χ1v) is 9.43. The molecular weight excluding hydrogens is 330 g/mol. The van der Waals surface area contributed by atoms with E-state index in [-0.39, 0.29) is 16.4 Å². The topological polar surface area (TPSA) is 61.2 Å². The lowest BCUT2D eigenvalue weighted by molar-refractivity contribution is 0.0697. The molecular formula is C21H25NO2S. The van der Waals surface area contributed by atoms with E-state index >= 15 is 0 Å². The number of rotatable bonds is 3. The van der Waals surface area contributed by atoms with E-state index in [0.717, 1.165) is 23.3 Å². The summed E-state index contributed by atoms with van der Waals surface area (Å²) in [7, 11) is 0. The molecule has 0 bridgehead atoms. The van der Waals surface area contributed by atoms with E-state index in [0.29, 0.717) is 5.71 Å². The maximum atomic E-state index is 11.0. The van der Waals surface area contributed by atoms with E-state index < -0.39 is 5.97 Å². The SMILES string of the molecule is Cc1c(C(=N)c2ccc(C(=O)O)cc2)sc2c1C(C)(C)CCC2(C)C. The predicted octanol–water partition coefficient (Wildman–Crippen LogP) is 5.52. The van der Waals surface area contributed by atoms with Gasteiger partial charge < -0.3 is 5.11 Å². The van der Waals surface area contributed by atoms with Gasteiger partial charge in [0.25, 0.3) is 0 Å². The minimum absolute atomic E-state index is 0.136. The van der Waals surface area contributed by atoms with Gasteiger partial charge in [-0.25, -0.2) is 4.79 Å². The summed E-state index contributed by atoms with van der Waals surface area (Å²) < 4.78 is 0. The van der Waals surface area contributed by atoms with Crippen molar-refractivity contribution in [3.63, 3.8) is 0 Å². The summed E-state index contributed by atoms with van der Waals surface area (Å²) in [5, 5.41) is 17.7. The number of benzene rings is 1. The summed E-state index contributed by atoms with van der Waals surface area (Å²) in [5.74, 6) is -0.940. The van der Waals surface area contributed by atoms with Crippen LogP contribution in [-0.2, 0) is 10.8 Å². The van der Waals surface area contributed by atoms with Crippen molar-refractivity contribution in [2.75, 3.05) is 0 Å². The van der Waals surface area contributed by atoms with Crippen molar-refractivity contribution in [3.05, 3.63) is 56.3 Å². The number of carbonyl (C=O) groups is 1. The molecule has 0 atom stereocenters. The van der Waals surface area contributed by atoms with Crippen LogP contribution in [0.15, 0.2) is 24.3 Å². The number of hydrogen-bond donors (Lipinski definition) is 2. The Labute approximate surface area is 153 Å². The fraction of sp³-hybridized carbons (Fsp3) is 0.429. The van der Waals surface area contributed by atoms with Crippen LogP contribution in [-0.4, -0.2) is 16.8 Å². The van der Waals surface area contributed by atoms with E-state index in [1.165, 1.54) is 16.0 Å². The summed E-state index contributed by atoms with van der Waals surface area (Å²) in [5.41, 5.74) is 4.41. The Bertz CT molecular complexity index is 857. The first-order chi connectivity index (χ1) is 11.5. The molecule has 0 saturated heterocycles. The largest absolute Gasteiger partial charge is 0.478 e. The van der Waals surface area contributed by atoms with E-state index in [2.05, 4.69) is 34.6 Å². The minimum atomic E-state index is -0.940. The van der Waals surface area contributed by atoms with Gasteiger partial charge in [0.05, 0.1) is 16.2 Å². The highest BCUT2D eigenvalue weighted by Crippen LogP contribution is 2.51. The number of thiophene rings is 1. The zero-order valence-electron chi connectivity index (χ0n) is 15.5. The van der Waals surface area contributed by atoms with Crippen LogP contribution < -0.4 is 0 Å². The molecule has 4 heteroatoms. The molecule has 1 aromatic heterocycles. The Balaban J connectivity index is 2.08. The third-order valence-corrected chi connectivity index (χ3v) is 7.14. The number of carboxylic acids is 1. The Hall–Kier alpha value is -1.94. The molecule has 1 aliphatic rings. The molecule has 3 nitrogen and oxygen atoms in total. The molecule has 0 aliphatic heterocycles. The number of hydrogen-bond acceptors (Lipinski definition) is 3. The number of fused-ring (bicyclic) bond motifs is 1. The second-order valence-electron chi connectivity index (χ2n) is 8.29. The lowest BCUT2D eigenvalue weighted by Gasteiger charge is -2.39. The standard InChI is InChI=1S/C21H25NO2S/c1-12-15-18(21(4,5)11-10-20(15,2)3)25-17(12)16(22)13-6-8-14(9-7-13)19(23)24/h6-9,22H,10-11H2,1-5H3,(H,23,24). The van der Waals surface area contributed by atoms with Crippen LogP contribution >= 0.6 is 11.3 Å². The normalized spacial score (nSPS) is 17.8. The third kappa shape index (κ3) is 2.93. The van der Waals surface area contributed by atoms with Gasteiger partial charge in [-0.05, 0) is 53.9 Å². The van der Waals surface area contributed by atoms with Gasteiger partial charge in [-0.2, -0.15) is 0 Å².